The van der Waals surface area contributed by atoms with Crippen molar-refractivity contribution in [1.82, 2.24) is 15.1 Å². The van der Waals surface area contributed by atoms with E-state index in [0.29, 0.717) is 5.25 Å². The second-order valence-electron chi connectivity index (χ2n) is 6.23. The zero-order valence-electron chi connectivity index (χ0n) is 14.9. The van der Waals surface area contributed by atoms with E-state index in [1.54, 1.807) is 0 Å². The number of aryl methyl sites for hydroxylation is 1. The number of rotatable bonds is 5. The lowest BCUT2D eigenvalue weighted by Gasteiger charge is -2.36. The van der Waals surface area contributed by atoms with E-state index in [9.17, 15) is 0 Å². The highest BCUT2D eigenvalue weighted by Gasteiger charge is 2.19. The van der Waals surface area contributed by atoms with E-state index in [1.165, 1.54) is 11.1 Å². The highest BCUT2D eigenvalue weighted by molar-refractivity contribution is 7.99. The van der Waals surface area contributed by atoms with Crippen LogP contribution in [0.15, 0.2) is 29.3 Å². The van der Waals surface area contributed by atoms with Crippen molar-refractivity contribution >= 4 is 17.7 Å². The molecule has 128 valence electrons. The van der Waals surface area contributed by atoms with Gasteiger partial charge in [0.05, 0.1) is 0 Å². The lowest BCUT2D eigenvalue weighted by Crippen LogP contribution is -2.52. The molecule has 1 N–H and O–H groups in total. The molecule has 0 aromatic heterocycles. The normalized spacial score (nSPS) is 18.1. The molecule has 1 heterocycles. The number of hydrogen-bond donors (Lipinski definition) is 1. The zero-order chi connectivity index (χ0) is 16.7. The molecule has 0 radical (unpaired) electrons. The van der Waals surface area contributed by atoms with Crippen LogP contribution in [-0.4, -0.2) is 67.0 Å². The van der Waals surface area contributed by atoms with Crippen LogP contribution in [0.2, 0.25) is 0 Å². The summed E-state index contributed by atoms with van der Waals surface area (Å²) in [5.74, 6) is 1.04. The second-order valence-corrected chi connectivity index (χ2v) is 7.50. The fraction of sp³-hybridized carbons (Fsp3) is 0.611. The minimum absolute atomic E-state index is 0.606. The van der Waals surface area contributed by atoms with Crippen molar-refractivity contribution in [2.75, 3.05) is 46.0 Å². The van der Waals surface area contributed by atoms with Gasteiger partial charge in [-0.1, -0.05) is 36.8 Å². The van der Waals surface area contributed by atoms with Crippen molar-refractivity contribution in [2.45, 2.75) is 25.6 Å². The molecule has 1 fully saturated rings. The molecule has 1 unspecified atom stereocenters. The molecule has 0 bridgehead atoms. The van der Waals surface area contributed by atoms with Crippen LogP contribution < -0.4 is 5.32 Å². The Kier molecular flexibility index (Phi) is 7.24. The monoisotopic (exact) mass is 334 g/mol. The number of nitrogens with one attached hydrogen (secondary N) is 1. The first-order valence-corrected chi connectivity index (χ1v) is 9.67. The third-order valence-electron chi connectivity index (χ3n) is 4.32. The van der Waals surface area contributed by atoms with E-state index in [0.717, 1.165) is 45.2 Å². The predicted molar refractivity (Wildman–Crippen MR) is 102 cm³/mol. The highest BCUT2D eigenvalue weighted by atomic mass is 32.2. The maximum absolute atomic E-state index is 4.44. The first-order chi connectivity index (χ1) is 11.1. The number of nitrogens with zero attached hydrogens (tertiary/aromatic N) is 3. The number of benzene rings is 1. The van der Waals surface area contributed by atoms with Gasteiger partial charge in [-0.2, -0.15) is 11.8 Å². The molecule has 1 aliphatic heterocycles. The van der Waals surface area contributed by atoms with E-state index in [1.807, 2.05) is 18.8 Å². The number of piperazine rings is 1. The molecular weight excluding hydrogens is 304 g/mol. The van der Waals surface area contributed by atoms with Gasteiger partial charge in [0.1, 0.15) is 0 Å². The molecule has 0 aliphatic carbocycles. The first kappa shape index (κ1) is 18.1. The zero-order valence-corrected chi connectivity index (χ0v) is 15.7. The average molecular weight is 335 g/mol. The van der Waals surface area contributed by atoms with Crippen molar-refractivity contribution in [1.29, 1.82) is 0 Å². The smallest absolute Gasteiger partial charge is 0.193 e. The van der Waals surface area contributed by atoms with Gasteiger partial charge in [-0.25, -0.2) is 0 Å². The highest BCUT2D eigenvalue weighted by Crippen LogP contribution is 2.11. The van der Waals surface area contributed by atoms with Crippen molar-refractivity contribution in [3.8, 4) is 0 Å². The summed E-state index contributed by atoms with van der Waals surface area (Å²) in [6.45, 7) is 10.7. The quantitative estimate of drug-likeness (QED) is 0.662. The van der Waals surface area contributed by atoms with Crippen LogP contribution in [0.4, 0.5) is 0 Å². The topological polar surface area (TPSA) is 30.9 Å². The average Bonchev–Trinajstić information content (AvgIpc) is 2.56. The third kappa shape index (κ3) is 5.74. The Balaban J connectivity index is 1.80. The van der Waals surface area contributed by atoms with Crippen molar-refractivity contribution < 1.29 is 0 Å². The molecule has 4 nitrogen and oxygen atoms in total. The predicted octanol–water partition coefficient (Wildman–Crippen LogP) is 2.44. The lowest BCUT2D eigenvalue weighted by molar-refractivity contribution is 0.172. The Hall–Kier alpha value is -1.20. The summed E-state index contributed by atoms with van der Waals surface area (Å²) in [6.07, 6.45) is 2.15. The van der Waals surface area contributed by atoms with Crippen LogP contribution in [-0.2, 0) is 6.54 Å². The van der Waals surface area contributed by atoms with Gasteiger partial charge in [-0.05, 0) is 18.7 Å². The molecule has 5 heteroatoms. The van der Waals surface area contributed by atoms with E-state index in [2.05, 4.69) is 64.5 Å². The summed E-state index contributed by atoms with van der Waals surface area (Å²) in [7, 11) is 1.88. The van der Waals surface area contributed by atoms with E-state index < -0.39 is 0 Å². The molecule has 1 atom stereocenters. The summed E-state index contributed by atoms with van der Waals surface area (Å²) in [5.41, 5.74) is 2.75. The van der Waals surface area contributed by atoms with Gasteiger partial charge in [-0.15, -0.1) is 0 Å². The summed E-state index contributed by atoms with van der Waals surface area (Å²) < 4.78 is 0. The number of hydrogen-bond acceptors (Lipinski definition) is 3. The molecule has 1 saturated heterocycles. The number of aliphatic imine (C=N–C) groups is 1. The Bertz CT molecular complexity index is 509. The van der Waals surface area contributed by atoms with Gasteiger partial charge in [0.25, 0.3) is 0 Å². The molecular formula is C18H30N4S. The molecule has 23 heavy (non-hydrogen) atoms. The molecule has 1 aliphatic rings. The minimum Gasteiger partial charge on any atom is -0.355 e. The maximum Gasteiger partial charge on any atom is 0.193 e. The fourth-order valence-corrected chi connectivity index (χ4v) is 3.09. The van der Waals surface area contributed by atoms with Crippen LogP contribution in [0, 0.1) is 6.92 Å². The van der Waals surface area contributed by atoms with Crippen LogP contribution in [0.5, 0.6) is 0 Å². The van der Waals surface area contributed by atoms with Crippen molar-refractivity contribution in [3.63, 3.8) is 0 Å². The molecule has 1 aromatic rings. The van der Waals surface area contributed by atoms with E-state index >= 15 is 0 Å². The Morgan fingerprint density at radius 3 is 2.65 bits per heavy atom. The maximum atomic E-state index is 4.44. The fourth-order valence-electron chi connectivity index (χ4n) is 2.84. The Morgan fingerprint density at radius 1 is 1.30 bits per heavy atom. The van der Waals surface area contributed by atoms with Gasteiger partial charge in [0.2, 0.25) is 0 Å². The number of guanidine groups is 1. The van der Waals surface area contributed by atoms with Crippen molar-refractivity contribution in [3.05, 3.63) is 35.4 Å². The van der Waals surface area contributed by atoms with Crippen LogP contribution >= 0.6 is 11.8 Å². The van der Waals surface area contributed by atoms with Crippen LogP contribution in [0.3, 0.4) is 0 Å². The Morgan fingerprint density at radius 2 is 2.04 bits per heavy atom. The van der Waals surface area contributed by atoms with Gasteiger partial charge >= 0.3 is 0 Å². The summed E-state index contributed by atoms with van der Waals surface area (Å²) >= 11 is 1.88. The minimum atomic E-state index is 0.606. The SMILES string of the molecule is CN=C(NCC(C)SC)N1CCN(Cc2cccc(C)c2)CC1. The second kappa shape index (κ2) is 9.18. The van der Waals surface area contributed by atoms with Gasteiger partial charge < -0.3 is 10.2 Å². The largest absolute Gasteiger partial charge is 0.355 e. The van der Waals surface area contributed by atoms with Crippen LogP contribution in [0.1, 0.15) is 18.1 Å². The number of thioether (sulfide) groups is 1. The molecule has 0 amide bonds. The molecule has 1 aromatic carbocycles. The first-order valence-electron chi connectivity index (χ1n) is 8.38. The Labute approximate surface area is 145 Å². The standard InChI is InChI=1S/C18H30N4S/c1-15-6-5-7-17(12-15)14-21-8-10-22(11-9-21)18(19-3)20-13-16(2)23-4/h5-7,12,16H,8-11,13-14H2,1-4H3,(H,19,20). The van der Waals surface area contributed by atoms with E-state index in [-0.39, 0.29) is 0 Å². The van der Waals surface area contributed by atoms with Gasteiger partial charge in [0.15, 0.2) is 5.96 Å². The van der Waals surface area contributed by atoms with Gasteiger partial charge in [0, 0.05) is 51.6 Å². The molecule has 0 spiro atoms. The summed E-state index contributed by atoms with van der Waals surface area (Å²) in [4.78, 5) is 9.35. The van der Waals surface area contributed by atoms with Crippen LogP contribution in [0.25, 0.3) is 0 Å². The summed E-state index contributed by atoms with van der Waals surface area (Å²) in [5, 5.41) is 4.10. The summed E-state index contributed by atoms with van der Waals surface area (Å²) in [6, 6.07) is 8.83. The van der Waals surface area contributed by atoms with Gasteiger partial charge in [-0.3, -0.25) is 9.89 Å². The van der Waals surface area contributed by atoms with Crippen molar-refractivity contribution in [2.24, 2.45) is 4.99 Å². The lowest BCUT2D eigenvalue weighted by atomic mass is 10.1. The molecule has 2 rings (SSSR count). The third-order valence-corrected chi connectivity index (χ3v) is 5.29. The van der Waals surface area contributed by atoms with E-state index in [4.69, 9.17) is 0 Å². The molecule has 0 saturated carbocycles.